The third-order valence-corrected chi connectivity index (χ3v) is 4.00. The minimum atomic E-state index is -0.382. The summed E-state index contributed by atoms with van der Waals surface area (Å²) < 4.78 is 0.862. The molecule has 20 heavy (non-hydrogen) atoms. The highest BCUT2D eigenvalue weighted by Gasteiger charge is 2.21. The van der Waals surface area contributed by atoms with Gasteiger partial charge in [-0.15, -0.1) is 0 Å². The number of fused-ring (bicyclic) bond motifs is 1. The largest absolute Gasteiger partial charge is 0.508 e. The van der Waals surface area contributed by atoms with Crippen molar-refractivity contribution in [2.24, 2.45) is 0 Å². The first-order chi connectivity index (χ1) is 9.65. The fraction of sp³-hybridized carbons (Fsp3) is 0. The fourth-order valence-corrected chi connectivity index (χ4v) is 2.94. The highest BCUT2D eigenvalue weighted by molar-refractivity contribution is 7.23. The number of nitro groups is 1. The van der Waals surface area contributed by atoms with Gasteiger partial charge in [0.1, 0.15) is 11.4 Å². The summed E-state index contributed by atoms with van der Waals surface area (Å²) in [6, 6.07) is 13.8. The van der Waals surface area contributed by atoms with Crippen LogP contribution in [0.15, 0.2) is 48.5 Å². The Morgan fingerprint density at radius 1 is 1.10 bits per heavy atom. The van der Waals surface area contributed by atoms with Crippen molar-refractivity contribution in [3.8, 4) is 5.75 Å². The summed E-state index contributed by atoms with van der Waals surface area (Å²) in [5, 5.41) is 24.4. The number of hydrogen-bond acceptors (Lipinski definition) is 5. The van der Waals surface area contributed by atoms with Gasteiger partial charge in [0.25, 0.3) is 0 Å². The van der Waals surface area contributed by atoms with Crippen LogP contribution < -0.4 is 5.32 Å². The van der Waals surface area contributed by atoms with Gasteiger partial charge in [0, 0.05) is 15.8 Å². The molecule has 5 nitrogen and oxygen atoms in total. The van der Waals surface area contributed by atoms with Crippen molar-refractivity contribution in [1.29, 1.82) is 0 Å². The Kier molecular flexibility index (Phi) is 3.00. The predicted molar refractivity (Wildman–Crippen MR) is 79.9 cm³/mol. The third-order valence-electron chi connectivity index (χ3n) is 2.88. The highest BCUT2D eigenvalue weighted by atomic mass is 32.1. The minimum Gasteiger partial charge on any atom is -0.508 e. The number of benzene rings is 2. The smallest absolute Gasteiger partial charge is 0.348 e. The maximum Gasteiger partial charge on any atom is 0.348 e. The van der Waals surface area contributed by atoms with Gasteiger partial charge < -0.3 is 10.4 Å². The van der Waals surface area contributed by atoms with Crippen LogP contribution in [-0.2, 0) is 0 Å². The standard InChI is InChI=1S/C14H10N2O3S/c17-10-7-5-9(6-8-10)15-13-11-3-1-2-4-12(11)20-14(13)16(18)19/h1-8,15,17H. The molecule has 3 rings (SSSR count). The molecule has 0 amide bonds. The second-order valence-corrected chi connectivity index (χ2v) is 5.24. The topological polar surface area (TPSA) is 75.4 Å². The molecule has 0 aliphatic rings. The van der Waals surface area contributed by atoms with Crippen LogP contribution in [0.5, 0.6) is 5.75 Å². The van der Waals surface area contributed by atoms with E-state index in [0.717, 1.165) is 21.4 Å². The van der Waals surface area contributed by atoms with Crippen LogP contribution in [0, 0.1) is 10.1 Å². The number of aromatic hydroxyl groups is 1. The highest BCUT2D eigenvalue weighted by Crippen LogP contribution is 2.42. The van der Waals surface area contributed by atoms with Gasteiger partial charge in [-0.2, -0.15) is 0 Å². The number of nitrogens with one attached hydrogen (secondary N) is 1. The fourth-order valence-electron chi connectivity index (χ4n) is 1.97. The first-order valence-corrected chi connectivity index (χ1v) is 6.69. The molecule has 3 aromatic rings. The van der Waals surface area contributed by atoms with Crippen LogP contribution in [0.4, 0.5) is 16.4 Å². The van der Waals surface area contributed by atoms with Crippen molar-refractivity contribution < 1.29 is 10.0 Å². The number of phenolic OH excluding ortho intramolecular Hbond substituents is 1. The lowest BCUT2D eigenvalue weighted by molar-refractivity contribution is -0.379. The van der Waals surface area contributed by atoms with E-state index in [1.165, 1.54) is 12.1 Å². The summed E-state index contributed by atoms with van der Waals surface area (Å²) in [5.41, 5.74) is 1.18. The Bertz CT molecular complexity index is 781. The van der Waals surface area contributed by atoms with Gasteiger partial charge in [-0.25, -0.2) is 0 Å². The summed E-state index contributed by atoms with van der Waals surface area (Å²) in [7, 11) is 0. The zero-order valence-electron chi connectivity index (χ0n) is 10.2. The van der Waals surface area contributed by atoms with Crippen LogP contribution in [0.3, 0.4) is 0 Å². The number of nitrogens with zero attached hydrogens (tertiary/aromatic N) is 1. The molecular weight excluding hydrogens is 276 g/mol. The lowest BCUT2D eigenvalue weighted by Gasteiger charge is -2.05. The average Bonchev–Trinajstić information content (AvgIpc) is 2.81. The van der Waals surface area contributed by atoms with E-state index in [2.05, 4.69) is 5.32 Å². The van der Waals surface area contributed by atoms with Crippen LogP contribution in [-0.4, -0.2) is 10.0 Å². The molecular formula is C14H10N2O3S. The first-order valence-electron chi connectivity index (χ1n) is 5.87. The van der Waals surface area contributed by atoms with Gasteiger partial charge in [-0.05, 0) is 30.3 Å². The molecule has 0 saturated carbocycles. The lowest BCUT2D eigenvalue weighted by atomic mass is 10.2. The van der Waals surface area contributed by atoms with Crippen LogP contribution >= 0.6 is 11.3 Å². The predicted octanol–water partition coefficient (Wildman–Crippen LogP) is 4.26. The van der Waals surface area contributed by atoms with Gasteiger partial charge in [0.05, 0.1) is 4.92 Å². The van der Waals surface area contributed by atoms with E-state index in [0.29, 0.717) is 11.4 Å². The van der Waals surface area contributed by atoms with Gasteiger partial charge in [0.15, 0.2) is 0 Å². The Morgan fingerprint density at radius 3 is 2.50 bits per heavy atom. The quantitative estimate of drug-likeness (QED) is 0.428. The van der Waals surface area contributed by atoms with E-state index in [-0.39, 0.29) is 15.7 Å². The molecule has 0 fully saturated rings. The Labute approximate surface area is 118 Å². The Hall–Kier alpha value is -2.60. The first kappa shape index (κ1) is 12.4. The molecule has 1 aromatic heterocycles. The van der Waals surface area contributed by atoms with Crippen LogP contribution in [0.25, 0.3) is 10.1 Å². The lowest BCUT2D eigenvalue weighted by Crippen LogP contribution is -1.93. The van der Waals surface area contributed by atoms with E-state index >= 15 is 0 Å². The SMILES string of the molecule is O=[N+]([O-])c1sc2ccccc2c1Nc1ccc(O)cc1. The minimum absolute atomic E-state index is 0.0827. The molecule has 0 saturated heterocycles. The number of hydrogen-bond donors (Lipinski definition) is 2. The van der Waals surface area contributed by atoms with Crippen LogP contribution in [0.1, 0.15) is 0 Å². The monoisotopic (exact) mass is 286 g/mol. The molecule has 0 aliphatic heterocycles. The second-order valence-electron chi connectivity index (χ2n) is 4.21. The Morgan fingerprint density at radius 2 is 1.80 bits per heavy atom. The third kappa shape index (κ3) is 2.17. The Balaban J connectivity index is 2.11. The normalized spacial score (nSPS) is 10.6. The van der Waals surface area contributed by atoms with E-state index in [1.54, 1.807) is 12.1 Å². The number of anilines is 2. The molecule has 0 unspecified atom stereocenters. The van der Waals surface area contributed by atoms with Crippen molar-refractivity contribution >= 4 is 37.8 Å². The van der Waals surface area contributed by atoms with Gasteiger partial charge >= 0.3 is 5.00 Å². The number of phenols is 1. The van der Waals surface area contributed by atoms with Crippen molar-refractivity contribution in [1.82, 2.24) is 0 Å². The summed E-state index contributed by atoms with van der Waals surface area (Å²) in [6.45, 7) is 0. The zero-order valence-corrected chi connectivity index (χ0v) is 11.1. The summed E-state index contributed by atoms with van der Waals surface area (Å²) in [6.07, 6.45) is 0. The molecule has 100 valence electrons. The molecule has 2 aromatic carbocycles. The van der Waals surface area contributed by atoms with E-state index in [9.17, 15) is 15.2 Å². The molecule has 0 radical (unpaired) electrons. The maximum atomic E-state index is 11.2. The maximum absolute atomic E-state index is 11.2. The molecule has 0 aliphatic carbocycles. The van der Waals surface area contributed by atoms with Gasteiger partial charge in [0.2, 0.25) is 0 Å². The molecule has 6 heteroatoms. The van der Waals surface area contributed by atoms with E-state index < -0.39 is 0 Å². The molecule has 2 N–H and O–H groups in total. The van der Waals surface area contributed by atoms with Crippen LogP contribution in [0.2, 0.25) is 0 Å². The van der Waals surface area contributed by atoms with E-state index in [4.69, 9.17) is 0 Å². The number of thiophene rings is 1. The average molecular weight is 286 g/mol. The van der Waals surface area contributed by atoms with E-state index in [1.807, 2.05) is 24.3 Å². The molecule has 1 heterocycles. The summed E-state index contributed by atoms with van der Waals surface area (Å²) in [5.74, 6) is 0.153. The van der Waals surface area contributed by atoms with Crippen molar-refractivity contribution in [3.05, 3.63) is 58.6 Å². The molecule has 0 atom stereocenters. The number of rotatable bonds is 3. The van der Waals surface area contributed by atoms with Gasteiger partial charge in [-0.3, -0.25) is 10.1 Å². The molecule has 0 spiro atoms. The van der Waals surface area contributed by atoms with Crippen molar-refractivity contribution in [2.75, 3.05) is 5.32 Å². The van der Waals surface area contributed by atoms with Crippen molar-refractivity contribution in [3.63, 3.8) is 0 Å². The summed E-state index contributed by atoms with van der Waals surface area (Å²) >= 11 is 1.14. The van der Waals surface area contributed by atoms with Gasteiger partial charge in [-0.1, -0.05) is 29.5 Å². The second kappa shape index (κ2) is 4.82. The molecule has 0 bridgehead atoms. The zero-order chi connectivity index (χ0) is 14.1. The summed E-state index contributed by atoms with van der Waals surface area (Å²) in [4.78, 5) is 10.8. The van der Waals surface area contributed by atoms with Crippen molar-refractivity contribution in [2.45, 2.75) is 0 Å².